The number of rotatable bonds is 6. The molecular weight excluding hydrogens is 312 g/mol. The van der Waals surface area contributed by atoms with E-state index in [4.69, 9.17) is 5.73 Å². The average molecular weight is 334 g/mol. The van der Waals surface area contributed by atoms with Crippen LogP contribution in [0.15, 0.2) is 67.0 Å². The van der Waals surface area contributed by atoms with Crippen molar-refractivity contribution >= 4 is 6.03 Å². The van der Waals surface area contributed by atoms with E-state index in [1.807, 2.05) is 41.1 Å². The quantitative estimate of drug-likeness (QED) is 0.724. The first kappa shape index (κ1) is 16.8. The highest BCUT2D eigenvalue weighted by atomic mass is 16.2. The van der Waals surface area contributed by atoms with Crippen molar-refractivity contribution in [2.75, 3.05) is 0 Å². The van der Waals surface area contributed by atoms with E-state index in [9.17, 15) is 4.79 Å². The largest absolute Gasteiger partial charge is 0.352 e. The second-order valence-electron chi connectivity index (χ2n) is 6.08. The molecule has 128 valence electrons. The van der Waals surface area contributed by atoms with E-state index in [1.165, 1.54) is 11.1 Å². The molecule has 1 heterocycles. The molecule has 5 nitrogen and oxygen atoms in total. The van der Waals surface area contributed by atoms with Crippen molar-refractivity contribution in [1.82, 2.24) is 14.9 Å². The Morgan fingerprint density at radius 2 is 2.00 bits per heavy atom. The molecule has 0 aliphatic heterocycles. The number of nitrogens with zero attached hydrogens (tertiary/aromatic N) is 2. The molecule has 0 bridgehead atoms. The molecule has 0 saturated carbocycles. The Hall–Kier alpha value is -3.08. The zero-order valence-corrected chi connectivity index (χ0v) is 14.2. The summed E-state index contributed by atoms with van der Waals surface area (Å²) in [6.07, 6.45) is 5.19. The summed E-state index contributed by atoms with van der Waals surface area (Å²) in [4.78, 5) is 16.0. The number of benzene rings is 2. The van der Waals surface area contributed by atoms with E-state index >= 15 is 0 Å². The molecular formula is C20H22N4O. The summed E-state index contributed by atoms with van der Waals surface area (Å²) >= 11 is 0. The number of hydrogen-bond donors (Lipinski definition) is 2. The number of nitrogens with two attached hydrogens (primary N) is 1. The molecule has 3 rings (SSSR count). The zero-order chi connectivity index (χ0) is 17.6. The minimum atomic E-state index is -0.545. The molecule has 2 aromatic carbocycles. The van der Waals surface area contributed by atoms with E-state index in [-0.39, 0.29) is 6.04 Å². The fourth-order valence-electron chi connectivity index (χ4n) is 2.96. The van der Waals surface area contributed by atoms with Crippen LogP contribution < -0.4 is 11.1 Å². The Kier molecular flexibility index (Phi) is 5.14. The van der Waals surface area contributed by atoms with Gasteiger partial charge in [0.1, 0.15) is 5.82 Å². The van der Waals surface area contributed by atoms with E-state index < -0.39 is 6.03 Å². The molecule has 0 radical (unpaired) electrons. The summed E-state index contributed by atoms with van der Waals surface area (Å²) < 4.78 is 2.00. The van der Waals surface area contributed by atoms with Crippen LogP contribution in [0.4, 0.5) is 4.79 Å². The van der Waals surface area contributed by atoms with Crippen molar-refractivity contribution in [3.8, 4) is 5.69 Å². The fourth-order valence-corrected chi connectivity index (χ4v) is 2.96. The van der Waals surface area contributed by atoms with Gasteiger partial charge in [-0.1, -0.05) is 42.5 Å². The highest BCUT2D eigenvalue weighted by molar-refractivity contribution is 5.72. The maximum atomic E-state index is 11.5. The van der Waals surface area contributed by atoms with Gasteiger partial charge in [-0.2, -0.15) is 0 Å². The Morgan fingerprint density at radius 1 is 1.20 bits per heavy atom. The summed E-state index contributed by atoms with van der Waals surface area (Å²) in [6, 6.07) is 17.5. The Labute approximate surface area is 147 Å². The van der Waals surface area contributed by atoms with Gasteiger partial charge in [0.2, 0.25) is 0 Å². The van der Waals surface area contributed by atoms with Crippen LogP contribution >= 0.6 is 0 Å². The molecule has 5 heteroatoms. The smallest absolute Gasteiger partial charge is 0.312 e. The molecule has 0 unspecified atom stereocenters. The van der Waals surface area contributed by atoms with Crippen molar-refractivity contribution in [2.24, 2.45) is 5.73 Å². The first-order chi connectivity index (χ1) is 12.1. The van der Waals surface area contributed by atoms with Crippen molar-refractivity contribution in [2.45, 2.75) is 25.8 Å². The molecule has 3 N–H and O–H groups in total. The lowest BCUT2D eigenvalue weighted by molar-refractivity contribution is 0.244. The van der Waals surface area contributed by atoms with E-state index in [2.05, 4.69) is 41.5 Å². The molecule has 1 aromatic heterocycles. The maximum absolute atomic E-state index is 11.5. The summed E-state index contributed by atoms with van der Waals surface area (Å²) in [7, 11) is 0. The minimum absolute atomic E-state index is 0.256. The van der Waals surface area contributed by atoms with Gasteiger partial charge in [0, 0.05) is 18.1 Å². The zero-order valence-electron chi connectivity index (χ0n) is 14.2. The van der Waals surface area contributed by atoms with Crippen molar-refractivity contribution in [1.29, 1.82) is 0 Å². The molecule has 1 atom stereocenters. The van der Waals surface area contributed by atoms with Crippen LogP contribution in [-0.4, -0.2) is 15.6 Å². The first-order valence-electron chi connectivity index (χ1n) is 8.33. The molecule has 0 saturated heterocycles. The highest BCUT2D eigenvalue weighted by Crippen LogP contribution is 2.22. The standard InChI is InChI=1S/C20H22N4O/c1-15-6-5-9-17(14-15)24-13-12-22-19(24)18(23-20(21)25)11-10-16-7-3-2-4-8-16/h2-9,12-14,18H,10-11H2,1H3,(H3,21,23,25)/t18-/m0/s1. The fraction of sp³-hybridized carbons (Fsp3) is 0.200. The first-order valence-corrected chi connectivity index (χ1v) is 8.33. The second-order valence-corrected chi connectivity index (χ2v) is 6.08. The molecule has 0 spiro atoms. The van der Waals surface area contributed by atoms with Gasteiger partial charge in [0.15, 0.2) is 0 Å². The van der Waals surface area contributed by atoms with Crippen LogP contribution in [-0.2, 0) is 6.42 Å². The number of aromatic nitrogens is 2. The number of primary amides is 1. The van der Waals surface area contributed by atoms with Crippen molar-refractivity contribution in [3.05, 3.63) is 83.9 Å². The van der Waals surface area contributed by atoms with E-state index in [0.29, 0.717) is 0 Å². The SMILES string of the molecule is Cc1cccc(-n2ccnc2[C@H](CCc2ccccc2)NC(N)=O)c1. The van der Waals surface area contributed by atoms with E-state index in [1.54, 1.807) is 6.20 Å². The summed E-state index contributed by atoms with van der Waals surface area (Å²) in [6.45, 7) is 2.05. The van der Waals surface area contributed by atoms with E-state index in [0.717, 1.165) is 24.4 Å². The Morgan fingerprint density at radius 3 is 2.72 bits per heavy atom. The average Bonchev–Trinajstić information content (AvgIpc) is 3.09. The normalized spacial score (nSPS) is 11.9. The van der Waals surface area contributed by atoms with Gasteiger partial charge in [-0.25, -0.2) is 9.78 Å². The van der Waals surface area contributed by atoms with Gasteiger partial charge < -0.3 is 15.6 Å². The molecule has 0 fully saturated rings. The topological polar surface area (TPSA) is 72.9 Å². The monoisotopic (exact) mass is 334 g/mol. The van der Waals surface area contributed by atoms with Gasteiger partial charge in [0.05, 0.1) is 6.04 Å². The van der Waals surface area contributed by atoms with Gasteiger partial charge in [0.25, 0.3) is 0 Å². The maximum Gasteiger partial charge on any atom is 0.312 e. The molecule has 2 amide bonds. The Balaban J connectivity index is 1.86. The summed E-state index contributed by atoms with van der Waals surface area (Å²) in [5.41, 5.74) is 8.79. The van der Waals surface area contributed by atoms with Gasteiger partial charge in [-0.15, -0.1) is 0 Å². The minimum Gasteiger partial charge on any atom is -0.352 e. The lowest BCUT2D eigenvalue weighted by Gasteiger charge is -2.19. The van der Waals surface area contributed by atoms with Crippen molar-refractivity contribution in [3.63, 3.8) is 0 Å². The van der Waals surface area contributed by atoms with Crippen LogP contribution in [0.1, 0.15) is 29.4 Å². The third-order valence-corrected chi connectivity index (χ3v) is 4.14. The van der Waals surface area contributed by atoms with Gasteiger partial charge in [-0.05, 0) is 43.0 Å². The highest BCUT2D eigenvalue weighted by Gasteiger charge is 2.19. The van der Waals surface area contributed by atoms with Crippen LogP contribution in [0.2, 0.25) is 0 Å². The molecule has 3 aromatic rings. The van der Waals surface area contributed by atoms with Crippen LogP contribution in [0.3, 0.4) is 0 Å². The number of amides is 2. The lowest BCUT2D eigenvalue weighted by Crippen LogP contribution is -2.34. The van der Waals surface area contributed by atoms with Gasteiger partial charge >= 0.3 is 6.03 Å². The number of carbonyl (C=O) groups is 1. The molecule has 0 aliphatic rings. The Bertz CT molecular complexity index is 842. The lowest BCUT2D eigenvalue weighted by atomic mass is 10.0. The molecule has 0 aliphatic carbocycles. The number of imidazole rings is 1. The van der Waals surface area contributed by atoms with Crippen LogP contribution in [0.5, 0.6) is 0 Å². The summed E-state index contributed by atoms with van der Waals surface area (Å²) in [5.74, 6) is 0.778. The van der Waals surface area contributed by atoms with Gasteiger partial charge in [-0.3, -0.25) is 0 Å². The van der Waals surface area contributed by atoms with Crippen LogP contribution in [0, 0.1) is 6.92 Å². The van der Waals surface area contributed by atoms with Crippen molar-refractivity contribution < 1.29 is 4.79 Å². The number of hydrogen-bond acceptors (Lipinski definition) is 2. The number of urea groups is 1. The third-order valence-electron chi connectivity index (χ3n) is 4.14. The number of nitrogens with one attached hydrogen (secondary N) is 1. The third kappa shape index (κ3) is 4.26. The number of carbonyl (C=O) groups excluding carboxylic acids is 1. The predicted molar refractivity (Wildman–Crippen MR) is 98.5 cm³/mol. The number of aryl methyl sites for hydroxylation is 2. The predicted octanol–water partition coefficient (Wildman–Crippen LogP) is 3.52. The summed E-state index contributed by atoms with van der Waals surface area (Å²) in [5, 5.41) is 2.83. The molecule has 25 heavy (non-hydrogen) atoms. The second kappa shape index (κ2) is 7.66. The van der Waals surface area contributed by atoms with Crippen LogP contribution in [0.25, 0.3) is 5.69 Å².